The molecule has 142 valence electrons. The van der Waals surface area contributed by atoms with Gasteiger partial charge in [-0.25, -0.2) is 13.2 Å². The Morgan fingerprint density at radius 2 is 1.60 bits per heavy atom. The number of rotatable bonds is 8. The summed E-state index contributed by atoms with van der Waals surface area (Å²) in [6, 6.07) is -1.43. The third-order valence-corrected chi connectivity index (χ3v) is 3.41. The minimum Gasteiger partial charge on any atom is -0.480 e. The van der Waals surface area contributed by atoms with Crippen LogP contribution in [-0.4, -0.2) is 29.2 Å². The van der Waals surface area contributed by atoms with E-state index >= 15 is 0 Å². The molecule has 0 saturated carbocycles. The molecule has 0 aliphatic rings. The lowest BCUT2D eigenvalue weighted by atomic mass is 9.97. The van der Waals surface area contributed by atoms with Crippen molar-refractivity contribution in [2.45, 2.75) is 50.9 Å². The zero-order valence-electron chi connectivity index (χ0n) is 13.6. The average Bonchev–Trinajstić information content (AvgIpc) is 2.41. The molecule has 0 amide bonds. The van der Waals surface area contributed by atoms with Crippen LogP contribution >= 0.6 is 0 Å². The first-order valence-electron chi connectivity index (χ1n) is 7.50. The Labute approximate surface area is 141 Å². The van der Waals surface area contributed by atoms with Gasteiger partial charge in [-0.15, -0.1) is 0 Å². The standard InChI is InChI=1S/C16H19F6NO2/c1-9(2)7-15(18,19)8-12(14(24)25)23-13(16(20,21)22)10-3-5-11(17)6-4-10/h3-6,9,12-13,23H,7-8H2,1-2H3,(H,24,25)/t12-,13-/m0/s1. The maximum atomic E-state index is 13.9. The van der Waals surface area contributed by atoms with Crippen LogP contribution in [0.3, 0.4) is 0 Å². The largest absolute Gasteiger partial charge is 0.480 e. The molecule has 0 aromatic heterocycles. The van der Waals surface area contributed by atoms with Crippen molar-refractivity contribution in [3.63, 3.8) is 0 Å². The van der Waals surface area contributed by atoms with Gasteiger partial charge in [0.05, 0.1) is 0 Å². The molecule has 1 aromatic carbocycles. The summed E-state index contributed by atoms with van der Waals surface area (Å²) in [6.45, 7) is 2.99. The van der Waals surface area contributed by atoms with Crippen LogP contribution < -0.4 is 5.32 Å². The molecule has 0 heterocycles. The maximum Gasteiger partial charge on any atom is 0.407 e. The molecule has 2 N–H and O–H groups in total. The molecule has 0 unspecified atom stereocenters. The van der Waals surface area contributed by atoms with Gasteiger partial charge < -0.3 is 5.11 Å². The molecular weight excluding hydrogens is 352 g/mol. The smallest absolute Gasteiger partial charge is 0.407 e. The number of carboxylic acids is 1. The lowest BCUT2D eigenvalue weighted by molar-refractivity contribution is -0.166. The summed E-state index contributed by atoms with van der Waals surface area (Å²) in [6.07, 6.45) is -6.88. The van der Waals surface area contributed by atoms with Gasteiger partial charge in [0, 0.05) is 12.8 Å². The highest BCUT2D eigenvalue weighted by molar-refractivity contribution is 5.73. The van der Waals surface area contributed by atoms with Crippen molar-refractivity contribution >= 4 is 5.97 Å². The summed E-state index contributed by atoms with van der Waals surface area (Å²) < 4.78 is 80.3. The van der Waals surface area contributed by atoms with Crippen LogP contribution in [0, 0.1) is 11.7 Å². The molecule has 0 fully saturated rings. The topological polar surface area (TPSA) is 49.3 Å². The molecule has 3 nitrogen and oxygen atoms in total. The minimum absolute atomic E-state index is 0.458. The summed E-state index contributed by atoms with van der Waals surface area (Å²) in [5, 5.41) is 10.8. The van der Waals surface area contributed by atoms with Crippen LogP contribution in [-0.2, 0) is 4.79 Å². The van der Waals surface area contributed by atoms with E-state index in [0.717, 1.165) is 24.3 Å². The third kappa shape index (κ3) is 6.93. The molecule has 0 spiro atoms. The van der Waals surface area contributed by atoms with E-state index in [2.05, 4.69) is 0 Å². The first-order chi connectivity index (χ1) is 11.3. The van der Waals surface area contributed by atoms with Gasteiger partial charge in [-0.1, -0.05) is 26.0 Å². The molecule has 9 heteroatoms. The molecule has 1 aromatic rings. The lowest BCUT2D eigenvalue weighted by Gasteiger charge is -2.28. The predicted molar refractivity (Wildman–Crippen MR) is 78.8 cm³/mol. The first-order valence-corrected chi connectivity index (χ1v) is 7.50. The predicted octanol–water partition coefficient (Wildman–Crippen LogP) is 4.54. The van der Waals surface area contributed by atoms with Crippen molar-refractivity contribution in [1.82, 2.24) is 5.32 Å². The number of benzene rings is 1. The van der Waals surface area contributed by atoms with Crippen molar-refractivity contribution in [3.05, 3.63) is 35.6 Å². The average molecular weight is 371 g/mol. The van der Waals surface area contributed by atoms with E-state index in [4.69, 9.17) is 5.11 Å². The van der Waals surface area contributed by atoms with Crippen LogP contribution in [0.15, 0.2) is 24.3 Å². The van der Waals surface area contributed by atoms with Gasteiger partial charge in [-0.3, -0.25) is 10.1 Å². The number of halogens is 6. The number of carbonyl (C=O) groups is 1. The van der Waals surface area contributed by atoms with Gasteiger partial charge in [0.1, 0.15) is 17.9 Å². The molecule has 0 bridgehead atoms. The molecule has 25 heavy (non-hydrogen) atoms. The number of hydrogen-bond donors (Lipinski definition) is 2. The van der Waals surface area contributed by atoms with Crippen LogP contribution in [0.5, 0.6) is 0 Å². The second kappa shape index (κ2) is 8.07. The Balaban J connectivity index is 3.05. The molecule has 1 rings (SSSR count). The van der Waals surface area contributed by atoms with Crippen LogP contribution in [0.1, 0.15) is 38.3 Å². The normalized spacial score (nSPS) is 15.2. The molecule has 0 radical (unpaired) electrons. The highest BCUT2D eigenvalue weighted by atomic mass is 19.4. The number of nitrogens with one attached hydrogen (secondary N) is 1. The van der Waals surface area contributed by atoms with Gasteiger partial charge in [-0.05, 0) is 23.6 Å². The summed E-state index contributed by atoms with van der Waals surface area (Å²) in [4.78, 5) is 11.2. The van der Waals surface area contributed by atoms with E-state index in [-0.39, 0.29) is 0 Å². The first kappa shape index (κ1) is 21.3. The van der Waals surface area contributed by atoms with Crippen molar-refractivity contribution in [2.24, 2.45) is 5.92 Å². The Morgan fingerprint density at radius 1 is 1.08 bits per heavy atom. The Bertz CT molecular complexity index is 571. The number of aliphatic carboxylic acids is 1. The number of carboxylic acid groups (broad SMARTS) is 1. The van der Waals surface area contributed by atoms with Crippen molar-refractivity contribution < 1.29 is 36.2 Å². The van der Waals surface area contributed by atoms with E-state index in [9.17, 15) is 31.1 Å². The SMILES string of the molecule is CC(C)CC(F)(F)C[C@H](N[C@@H](c1ccc(F)cc1)C(F)(F)F)C(=O)O. The molecule has 0 saturated heterocycles. The Hall–Kier alpha value is -1.77. The number of alkyl halides is 5. The molecule has 2 atom stereocenters. The Kier molecular flexibility index (Phi) is 6.87. The van der Waals surface area contributed by atoms with Gasteiger partial charge in [0.15, 0.2) is 0 Å². The maximum absolute atomic E-state index is 13.9. The molecule has 0 aliphatic heterocycles. The quantitative estimate of drug-likeness (QED) is 0.660. The minimum atomic E-state index is -4.95. The van der Waals surface area contributed by atoms with Gasteiger partial charge >= 0.3 is 12.1 Å². The third-order valence-electron chi connectivity index (χ3n) is 3.41. The fourth-order valence-corrected chi connectivity index (χ4v) is 2.43. The molecular formula is C16H19F6NO2. The number of hydrogen-bond acceptors (Lipinski definition) is 2. The lowest BCUT2D eigenvalue weighted by Crippen LogP contribution is -2.47. The summed E-state index contributed by atoms with van der Waals surface area (Å²) in [5.74, 6) is -6.49. The van der Waals surface area contributed by atoms with E-state index in [1.807, 2.05) is 0 Å². The zero-order valence-corrected chi connectivity index (χ0v) is 13.6. The summed E-state index contributed by atoms with van der Waals surface area (Å²) in [7, 11) is 0. The van der Waals surface area contributed by atoms with Crippen molar-refractivity contribution in [1.29, 1.82) is 0 Å². The van der Waals surface area contributed by atoms with Crippen LogP contribution in [0.4, 0.5) is 26.3 Å². The molecule has 0 aliphatic carbocycles. The van der Waals surface area contributed by atoms with Crippen LogP contribution in [0.25, 0.3) is 0 Å². The second-order valence-corrected chi connectivity index (χ2v) is 6.24. The van der Waals surface area contributed by atoms with E-state index in [1.165, 1.54) is 13.8 Å². The Morgan fingerprint density at radius 3 is 2.00 bits per heavy atom. The van der Waals surface area contributed by atoms with Crippen molar-refractivity contribution in [3.8, 4) is 0 Å². The monoisotopic (exact) mass is 371 g/mol. The van der Waals surface area contributed by atoms with Gasteiger partial charge in [0.25, 0.3) is 5.92 Å². The summed E-state index contributed by atoms with van der Waals surface area (Å²) in [5.41, 5.74) is -0.465. The van der Waals surface area contributed by atoms with Gasteiger partial charge in [-0.2, -0.15) is 13.2 Å². The van der Waals surface area contributed by atoms with Crippen molar-refractivity contribution in [2.75, 3.05) is 0 Å². The van der Waals surface area contributed by atoms with E-state index in [1.54, 1.807) is 5.32 Å². The highest BCUT2D eigenvalue weighted by Crippen LogP contribution is 2.35. The highest BCUT2D eigenvalue weighted by Gasteiger charge is 2.45. The van der Waals surface area contributed by atoms with E-state index in [0.29, 0.717) is 0 Å². The summed E-state index contributed by atoms with van der Waals surface area (Å²) >= 11 is 0. The van der Waals surface area contributed by atoms with Gasteiger partial charge in [0.2, 0.25) is 0 Å². The van der Waals surface area contributed by atoms with Crippen LogP contribution in [0.2, 0.25) is 0 Å². The van der Waals surface area contributed by atoms with E-state index < -0.39 is 60.3 Å². The fraction of sp³-hybridized carbons (Fsp3) is 0.562. The fourth-order valence-electron chi connectivity index (χ4n) is 2.43. The zero-order chi connectivity index (χ0) is 19.4. The second-order valence-electron chi connectivity index (χ2n) is 6.24.